The van der Waals surface area contributed by atoms with E-state index in [2.05, 4.69) is 24.5 Å². The molecule has 3 rings (SSSR count). The van der Waals surface area contributed by atoms with Crippen LogP contribution in [-0.4, -0.2) is 38.0 Å². The van der Waals surface area contributed by atoms with E-state index in [0.717, 1.165) is 43.1 Å². The molecule has 0 bridgehead atoms. The highest BCUT2D eigenvalue weighted by molar-refractivity contribution is 5.82. The van der Waals surface area contributed by atoms with E-state index in [0.29, 0.717) is 6.04 Å². The molecule has 6 heteroatoms. The minimum atomic E-state index is -0.209. The van der Waals surface area contributed by atoms with Crippen LogP contribution in [0.3, 0.4) is 0 Å². The Balaban J connectivity index is 1.61. The first-order valence-electron chi connectivity index (χ1n) is 9.08. The van der Waals surface area contributed by atoms with Crippen LogP contribution in [-0.2, 0) is 9.53 Å². The number of amides is 1. The Hall–Kier alpha value is -1.79. The lowest BCUT2D eigenvalue weighted by Crippen LogP contribution is -2.52. The summed E-state index contributed by atoms with van der Waals surface area (Å²) in [5.74, 6) is 1.74. The first-order valence-corrected chi connectivity index (χ1v) is 9.08. The Kier molecular flexibility index (Phi) is 5.81. The second-order valence-corrected chi connectivity index (χ2v) is 7.12. The van der Waals surface area contributed by atoms with Gasteiger partial charge in [0.1, 0.15) is 0 Å². The van der Waals surface area contributed by atoms with E-state index in [1.165, 1.54) is 0 Å². The number of hydrogen-bond acceptors (Lipinski definition) is 5. The van der Waals surface area contributed by atoms with E-state index in [4.69, 9.17) is 14.2 Å². The molecule has 0 radical (unpaired) electrons. The van der Waals surface area contributed by atoms with Crippen LogP contribution >= 0.6 is 0 Å². The average molecular weight is 348 g/mol. The molecule has 25 heavy (non-hydrogen) atoms. The van der Waals surface area contributed by atoms with Gasteiger partial charge in [0, 0.05) is 19.3 Å². The van der Waals surface area contributed by atoms with Crippen molar-refractivity contribution in [2.24, 2.45) is 5.92 Å². The molecule has 6 nitrogen and oxygen atoms in total. The van der Waals surface area contributed by atoms with Crippen molar-refractivity contribution in [3.8, 4) is 11.5 Å². The lowest BCUT2D eigenvalue weighted by Gasteiger charge is -2.30. The van der Waals surface area contributed by atoms with Crippen LogP contribution in [0.1, 0.15) is 45.2 Å². The normalized spacial score (nSPS) is 19.7. The van der Waals surface area contributed by atoms with Crippen LogP contribution in [0.4, 0.5) is 0 Å². The highest BCUT2D eigenvalue weighted by Gasteiger charge is 2.27. The van der Waals surface area contributed by atoms with Gasteiger partial charge in [0.05, 0.1) is 12.1 Å². The third kappa shape index (κ3) is 4.44. The predicted octanol–water partition coefficient (Wildman–Crippen LogP) is 2.39. The fourth-order valence-electron chi connectivity index (χ4n) is 3.26. The van der Waals surface area contributed by atoms with E-state index in [1.54, 1.807) is 0 Å². The smallest absolute Gasteiger partial charge is 0.237 e. The largest absolute Gasteiger partial charge is 0.454 e. The summed E-state index contributed by atoms with van der Waals surface area (Å²) in [5.41, 5.74) is 1.01. The number of nitrogens with one attached hydrogen (secondary N) is 2. The molecular weight excluding hydrogens is 320 g/mol. The van der Waals surface area contributed by atoms with Gasteiger partial charge in [0.25, 0.3) is 0 Å². The van der Waals surface area contributed by atoms with Crippen LogP contribution < -0.4 is 20.1 Å². The molecule has 2 atom stereocenters. The van der Waals surface area contributed by atoms with Crippen molar-refractivity contribution in [2.75, 3.05) is 20.0 Å². The van der Waals surface area contributed by atoms with Crippen molar-refractivity contribution < 1.29 is 19.0 Å². The molecule has 1 saturated heterocycles. The molecule has 1 aromatic rings. The maximum absolute atomic E-state index is 12.8. The number of carbonyl (C=O) groups excluding carboxylic acids is 1. The fraction of sp³-hybridized carbons (Fsp3) is 0.632. The number of carbonyl (C=O) groups is 1. The molecule has 0 spiro atoms. The average Bonchev–Trinajstić information content (AvgIpc) is 3.07. The molecule has 2 N–H and O–H groups in total. The standard InChI is InChI=1S/C19H28N2O4/c1-12(2)18(21-15-6-8-23-9-7-15)19(22)20-13(3)14-4-5-16-17(10-14)25-11-24-16/h4-5,10,12-13,15,18,21H,6-9,11H2,1-3H3,(H,20,22)/t13-,18+/m0/s1. The lowest BCUT2D eigenvalue weighted by molar-refractivity contribution is -0.125. The van der Waals surface area contributed by atoms with Crippen molar-refractivity contribution in [1.29, 1.82) is 0 Å². The van der Waals surface area contributed by atoms with E-state index < -0.39 is 0 Å². The van der Waals surface area contributed by atoms with Crippen LogP contribution in [0.2, 0.25) is 0 Å². The van der Waals surface area contributed by atoms with E-state index >= 15 is 0 Å². The second-order valence-electron chi connectivity index (χ2n) is 7.12. The fourth-order valence-corrected chi connectivity index (χ4v) is 3.26. The molecule has 0 aliphatic carbocycles. The van der Waals surface area contributed by atoms with E-state index in [1.807, 2.05) is 25.1 Å². The zero-order valence-corrected chi connectivity index (χ0v) is 15.2. The summed E-state index contributed by atoms with van der Waals surface area (Å²) in [5, 5.41) is 6.65. The summed E-state index contributed by atoms with van der Waals surface area (Å²) in [6.45, 7) is 7.91. The second kappa shape index (κ2) is 8.06. The number of benzene rings is 1. The zero-order chi connectivity index (χ0) is 17.8. The summed E-state index contributed by atoms with van der Waals surface area (Å²) < 4.78 is 16.2. The molecule has 0 aromatic heterocycles. The molecule has 2 aliphatic heterocycles. The third-order valence-corrected chi connectivity index (χ3v) is 4.84. The molecule has 0 unspecified atom stereocenters. The van der Waals surface area contributed by atoms with E-state index in [9.17, 15) is 4.79 Å². The summed E-state index contributed by atoms with van der Waals surface area (Å²) in [4.78, 5) is 12.8. The van der Waals surface area contributed by atoms with Gasteiger partial charge in [-0.15, -0.1) is 0 Å². The minimum Gasteiger partial charge on any atom is -0.454 e. The Labute approximate surface area is 149 Å². The van der Waals surface area contributed by atoms with Crippen molar-refractivity contribution in [3.05, 3.63) is 23.8 Å². The van der Waals surface area contributed by atoms with Crippen molar-refractivity contribution in [3.63, 3.8) is 0 Å². The van der Waals surface area contributed by atoms with Gasteiger partial charge in [-0.25, -0.2) is 0 Å². The van der Waals surface area contributed by atoms with Gasteiger partial charge in [-0.2, -0.15) is 0 Å². The van der Waals surface area contributed by atoms with Crippen LogP contribution in [0.25, 0.3) is 0 Å². The molecule has 2 aliphatic rings. The highest BCUT2D eigenvalue weighted by Crippen LogP contribution is 2.34. The molecule has 1 aromatic carbocycles. The maximum Gasteiger partial charge on any atom is 0.237 e. The Morgan fingerprint density at radius 1 is 1.12 bits per heavy atom. The Bertz CT molecular complexity index is 599. The van der Waals surface area contributed by atoms with Crippen LogP contribution in [0.5, 0.6) is 11.5 Å². The SMILES string of the molecule is CC(C)[C@@H](NC1CCOCC1)C(=O)N[C@@H](C)c1ccc2c(c1)OCO2. The number of hydrogen-bond donors (Lipinski definition) is 2. The van der Waals surface area contributed by atoms with Crippen molar-refractivity contribution >= 4 is 5.91 Å². The van der Waals surface area contributed by atoms with Gasteiger partial charge >= 0.3 is 0 Å². The molecule has 1 amide bonds. The first-order chi connectivity index (χ1) is 12.0. The van der Waals surface area contributed by atoms with Gasteiger partial charge in [0.15, 0.2) is 11.5 Å². The third-order valence-electron chi connectivity index (χ3n) is 4.84. The Morgan fingerprint density at radius 3 is 2.56 bits per heavy atom. The molecule has 0 saturated carbocycles. The number of fused-ring (bicyclic) bond motifs is 1. The molecular formula is C19H28N2O4. The van der Waals surface area contributed by atoms with Gasteiger partial charge in [-0.05, 0) is 43.4 Å². The lowest BCUT2D eigenvalue weighted by atomic mass is 9.99. The van der Waals surface area contributed by atoms with Crippen LogP contribution in [0.15, 0.2) is 18.2 Å². The summed E-state index contributed by atoms with van der Waals surface area (Å²) in [6, 6.07) is 5.82. The Morgan fingerprint density at radius 2 is 1.84 bits per heavy atom. The first kappa shape index (κ1) is 18.0. The summed E-state index contributed by atoms with van der Waals surface area (Å²) in [7, 11) is 0. The summed E-state index contributed by atoms with van der Waals surface area (Å²) >= 11 is 0. The van der Waals surface area contributed by atoms with Crippen molar-refractivity contribution in [1.82, 2.24) is 10.6 Å². The highest BCUT2D eigenvalue weighted by atomic mass is 16.7. The van der Waals surface area contributed by atoms with Gasteiger partial charge < -0.3 is 24.8 Å². The number of ether oxygens (including phenoxy) is 3. The molecule has 2 heterocycles. The van der Waals surface area contributed by atoms with Gasteiger partial charge in [-0.1, -0.05) is 19.9 Å². The topological polar surface area (TPSA) is 68.8 Å². The molecule has 1 fully saturated rings. The maximum atomic E-state index is 12.8. The monoisotopic (exact) mass is 348 g/mol. The van der Waals surface area contributed by atoms with Gasteiger partial charge in [0.2, 0.25) is 12.7 Å². The van der Waals surface area contributed by atoms with Crippen LogP contribution in [0, 0.1) is 5.92 Å². The predicted molar refractivity (Wildman–Crippen MR) is 94.7 cm³/mol. The molecule has 138 valence electrons. The van der Waals surface area contributed by atoms with Gasteiger partial charge in [-0.3, -0.25) is 4.79 Å². The van der Waals surface area contributed by atoms with Crippen molar-refractivity contribution in [2.45, 2.75) is 51.7 Å². The van der Waals surface area contributed by atoms with E-state index in [-0.39, 0.29) is 30.7 Å². The quantitative estimate of drug-likeness (QED) is 0.826. The zero-order valence-electron chi connectivity index (χ0n) is 15.2. The number of rotatable bonds is 6. The summed E-state index contributed by atoms with van der Waals surface area (Å²) in [6.07, 6.45) is 1.91. The minimum absolute atomic E-state index is 0.0339.